The summed E-state index contributed by atoms with van der Waals surface area (Å²) < 4.78 is 66.2. The monoisotopic (exact) mass is 466 g/mol. The van der Waals surface area contributed by atoms with Gasteiger partial charge in [-0.2, -0.15) is 13.2 Å². The number of sulfone groups is 1. The quantitative estimate of drug-likeness (QED) is 0.550. The van der Waals surface area contributed by atoms with Crippen LogP contribution in [0.5, 0.6) is 0 Å². The van der Waals surface area contributed by atoms with Crippen LogP contribution in [-0.4, -0.2) is 52.0 Å². The molecule has 1 fully saturated rings. The highest BCUT2D eigenvalue weighted by molar-refractivity contribution is 7.91. The molecule has 3 heterocycles. The van der Waals surface area contributed by atoms with Gasteiger partial charge in [0, 0.05) is 26.3 Å². The van der Waals surface area contributed by atoms with Crippen molar-refractivity contribution in [3.8, 4) is 23.0 Å². The molecule has 32 heavy (non-hydrogen) atoms. The first kappa shape index (κ1) is 22.2. The lowest BCUT2D eigenvalue weighted by Crippen LogP contribution is -2.21. The Morgan fingerprint density at radius 2 is 1.84 bits per heavy atom. The summed E-state index contributed by atoms with van der Waals surface area (Å²) in [5.74, 6) is 0.629. The molecule has 1 aliphatic rings. The number of hydrogen-bond acceptors (Lipinski definition) is 7. The fourth-order valence-electron chi connectivity index (χ4n) is 3.34. The Morgan fingerprint density at radius 1 is 1.16 bits per heavy atom. The van der Waals surface area contributed by atoms with Crippen LogP contribution >= 0.6 is 0 Å². The fourth-order valence-corrected chi connectivity index (χ4v) is 4.35. The number of nitrogens with zero attached hydrogens (tertiary/aromatic N) is 6. The van der Waals surface area contributed by atoms with E-state index in [0.29, 0.717) is 11.9 Å². The lowest BCUT2D eigenvalue weighted by molar-refractivity contribution is -0.137. The van der Waals surface area contributed by atoms with E-state index in [1.54, 1.807) is 6.07 Å². The van der Waals surface area contributed by atoms with Crippen molar-refractivity contribution in [3.05, 3.63) is 36.0 Å². The molecule has 4 rings (SSSR count). The molecule has 1 aliphatic carbocycles. The highest BCUT2D eigenvalue weighted by Crippen LogP contribution is 2.34. The maximum absolute atomic E-state index is 13.1. The van der Waals surface area contributed by atoms with E-state index in [4.69, 9.17) is 0 Å². The van der Waals surface area contributed by atoms with E-state index < -0.39 is 21.6 Å². The molecule has 1 saturated carbocycles. The number of alkyl halides is 3. The van der Waals surface area contributed by atoms with Gasteiger partial charge in [-0.25, -0.2) is 13.4 Å². The molecule has 0 radical (unpaired) electrons. The van der Waals surface area contributed by atoms with Gasteiger partial charge in [0.2, 0.25) is 0 Å². The summed E-state index contributed by atoms with van der Waals surface area (Å²) in [5, 5.41) is 8.06. The number of aromatic nitrogens is 5. The second-order valence-corrected chi connectivity index (χ2v) is 9.84. The van der Waals surface area contributed by atoms with Gasteiger partial charge in [-0.15, -0.1) is 10.2 Å². The molecule has 0 aromatic carbocycles. The molecule has 0 bridgehead atoms. The molecule has 0 atom stereocenters. The average molecular weight is 466 g/mol. The molecular weight excluding hydrogens is 445 g/mol. The van der Waals surface area contributed by atoms with Crippen LogP contribution in [0.2, 0.25) is 0 Å². The van der Waals surface area contributed by atoms with Crippen LogP contribution < -0.4 is 4.90 Å². The van der Waals surface area contributed by atoms with Gasteiger partial charge in [0.25, 0.3) is 0 Å². The number of hydrogen-bond donors (Lipinski definition) is 0. The van der Waals surface area contributed by atoms with Gasteiger partial charge in [0.15, 0.2) is 21.5 Å². The highest BCUT2D eigenvalue weighted by atomic mass is 32.2. The third-order valence-corrected chi connectivity index (χ3v) is 7.18. The minimum absolute atomic E-state index is 0.00741. The lowest BCUT2D eigenvalue weighted by atomic mass is 10.2. The first-order valence-electron chi connectivity index (χ1n) is 9.93. The molecule has 0 spiro atoms. The van der Waals surface area contributed by atoms with Gasteiger partial charge in [-0.1, -0.05) is 6.92 Å². The summed E-state index contributed by atoms with van der Waals surface area (Å²) in [5.41, 5.74) is -0.801. The lowest BCUT2D eigenvalue weighted by Gasteiger charge is -2.19. The van der Waals surface area contributed by atoms with Gasteiger partial charge < -0.3 is 9.47 Å². The SMILES string of the molecule is CCS(=O)(=O)c1ccc(N(C)C2CC2)nc1-c1nnc(-c2cc(C(F)(F)F)ccn2)n1C. The zero-order valence-electron chi connectivity index (χ0n) is 17.6. The molecule has 3 aromatic rings. The second kappa shape index (κ2) is 7.84. The molecule has 0 N–H and O–H groups in total. The Balaban J connectivity index is 1.85. The smallest absolute Gasteiger partial charge is 0.357 e. The van der Waals surface area contributed by atoms with Crippen molar-refractivity contribution in [2.24, 2.45) is 7.05 Å². The number of anilines is 1. The maximum atomic E-state index is 13.1. The zero-order chi connectivity index (χ0) is 23.3. The van der Waals surface area contributed by atoms with Gasteiger partial charge in [-0.3, -0.25) is 4.98 Å². The summed E-state index contributed by atoms with van der Waals surface area (Å²) >= 11 is 0. The molecule has 12 heteroatoms. The van der Waals surface area contributed by atoms with Crippen LogP contribution in [0.3, 0.4) is 0 Å². The highest BCUT2D eigenvalue weighted by Gasteiger charge is 2.32. The minimum Gasteiger partial charge on any atom is -0.357 e. The van der Waals surface area contributed by atoms with Crippen LogP contribution in [-0.2, 0) is 23.1 Å². The van der Waals surface area contributed by atoms with E-state index in [1.807, 2.05) is 11.9 Å². The van der Waals surface area contributed by atoms with Gasteiger partial charge >= 0.3 is 6.18 Å². The Labute approximate surface area is 183 Å². The summed E-state index contributed by atoms with van der Waals surface area (Å²) in [6, 6.07) is 5.23. The summed E-state index contributed by atoms with van der Waals surface area (Å²) in [7, 11) is -0.232. The van der Waals surface area contributed by atoms with E-state index in [9.17, 15) is 21.6 Å². The molecule has 0 aliphatic heterocycles. The van der Waals surface area contributed by atoms with Crippen molar-refractivity contribution in [1.29, 1.82) is 0 Å². The van der Waals surface area contributed by atoms with Gasteiger partial charge in [0.1, 0.15) is 17.2 Å². The number of rotatable bonds is 6. The minimum atomic E-state index is -4.54. The normalized spacial score (nSPS) is 14.6. The van der Waals surface area contributed by atoms with Crippen molar-refractivity contribution < 1.29 is 21.6 Å². The first-order chi connectivity index (χ1) is 15.0. The van der Waals surface area contributed by atoms with Crippen molar-refractivity contribution >= 4 is 15.7 Å². The summed E-state index contributed by atoms with van der Waals surface area (Å²) in [6.45, 7) is 1.53. The van der Waals surface area contributed by atoms with Crippen LogP contribution in [0.15, 0.2) is 35.4 Å². The van der Waals surface area contributed by atoms with E-state index in [0.717, 1.165) is 31.2 Å². The van der Waals surface area contributed by atoms with Crippen LogP contribution in [0.25, 0.3) is 23.0 Å². The van der Waals surface area contributed by atoms with Crippen molar-refractivity contribution in [1.82, 2.24) is 24.7 Å². The van der Waals surface area contributed by atoms with E-state index in [1.165, 1.54) is 24.6 Å². The predicted molar refractivity (Wildman–Crippen MR) is 112 cm³/mol. The third-order valence-electron chi connectivity index (χ3n) is 5.42. The predicted octanol–water partition coefficient (Wildman–Crippen LogP) is 3.35. The van der Waals surface area contributed by atoms with Gasteiger partial charge in [-0.05, 0) is 37.1 Å². The Hall–Kier alpha value is -3.02. The second-order valence-electron chi connectivity index (χ2n) is 7.60. The van der Waals surface area contributed by atoms with E-state index in [2.05, 4.69) is 20.2 Å². The average Bonchev–Trinajstić information content (AvgIpc) is 3.54. The molecule has 8 nitrogen and oxygen atoms in total. The Kier molecular flexibility index (Phi) is 5.43. The standard InChI is InChI=1S/C20H21F3N6O2S/c1-4-32(30,31)15-7-8-16(28(2)13-5-6-13)25-17(15)19-27-26-18(29(19)3)14-11-12(9-10-24-14)20(21,22)23/h7-11,13H,4-6H2,1-3H3. The van der Waals surface area contributed by atoms with Gasteiger partial charge in [0.05, 0.1) is 16.2 Å². The molecule has 170 valence electrons. The number of pyridine rings is 2. The van der Waals surface area contributed by atoms with E-state index >= 15 is 0 Å². The Morgan fingerprint density at radius 3 is 2.47 bits per heavy atom. The zero-order valence-corrected chi connectivity index (χ0v) is 18.4. The van der Waals surface area contributed by atoms with Crippen molar-refractivity contribution in [3.63, 3.8) is 0 Å². The number of halogens is 3. The maximum Gasteiger partial charge on any atom is 0.416 e. The molecular formula is C20H21F3N6O2S. The topological polar surface area (TPSA) is 93.9 Å². The summed E-state index contributed by atoms with van der Waals surface area (Å²) in [4.78, 5) is 10.5. The van der Waals surface area contributed by atoms with E-state index in [-0.39, 0.29) is 33.7 Å². The van der Waals surface area contributed by atoms with Crippen molar-refractivity contribution in [2.45, 2.75) is 36.9 Å². The molecule has 0 saturated heterocycles. The largest absolute Gasteiger partial charge is 0.416 e. The molecule has 0 amide bonds. The fraction of sp³-hybridized carbons (Fsp3) is 0.400. The molecule has 3 aromatic heterocycles. The van der Waals surface area contributed by atoms with Crippen LogP contribution in [0, 0.1) is 0 Å². The van der Waals surface area contributed by atoms with Crippen LogP contribution in [0.1, 0.15) is 25.3 Å². The molecule has 0 unspecified atom stereocenters. The van der Waals surface area contributed by atoms with Crippen LogP contribution in [0.4, 0.5) is 19.0 Å². The first-order valence-corrected chi connectivity index (χ1v) is 11.6. The third kappa shape index (κ3) is 4.06. The Bertz CT molecular complexity index is 1270. The van der Waals surface area contributed by atoms with Crippen molar-refractivity contribution in [2.75, 3.05) is 17.7 Å². The summed E-state index contributed by atoms with van der Waals surface area (Å²) in [6.07, 6.45) is -1.44.